The van der Waals surface area contributed by atoms with Crippen molar-refractivity contribution in [1.29, 1.82) is 0 Å². The van der Waals surface area contributed by atoms with E-state index < -0.39 is 28.5 Å². The lowest BCUT2D eigenvalue weighted by Gasteiger charge is -2.65. The van der Waals surface area contributed by atoms with Crippen LogP contribution in [0.4, 0.5) is 0 Å². The second-order valence-electron chi connectivity index (χ2n) is 11.8. The quantitative estimate of drug-likeness (QED) is 0.649. The Labute approximate surface area is 188 Å². The standard InChI is InChI=1S/C27H31NO4/c1-23(2)22-19(29)14-20-26(30)10-9-15-13-17-16-7-5-6-8-18(16)28-21(17)25(15,4)24(26,3)11-12-27(20,31-22)32-23/h5-8,14-15,22,28,30H,9-13H2,1-4H3/t15?,22?,24?,25-,26-,27?/m1/s1. The first-order valence-corrected chi connectivity index (χ1v) is 12.0. The Balaban J connectivity index is 1.43. The van der Waals surface area contributed by atoms with Crippen LogP contribution in [-0.2, 0) is 26.1 Å². The molecule has 32 heavy (non-hydrogen) atoms. The first-order chi connectivity index (χ1) is 15.1. The fourth-order valence-electron chi connectivity index (χ4n) is 8.39. The van der Waals surface area contributed by atoms with E-state index in [0.717, 1.165) is 19.3 Å². The molecule has 2 bridgehead atoms. The van der Waals surface area contributed by atoms with Crippen molar-refractivity contribution < 1.29 is 19.4 Å². The highest BCUT2D eigenvalue weighted by atomic mass is 16.8. The van der Waals surface area contributed by atoms with Crippen molar-refractivity contribution in [2.75, 3.05) is 0 Å². The molecule has 7 rings (SSSR count). The Morgan fingerprint density at radius 2 is 1.88 bits per heavy atom. The minimum absolute atomic E-state index is 0.0826. The molecule has 5 heteroatoms. The minimum Gasteiger partial charge on any atom is -0.385 e. The molecule has 1 spiro atoms. The number of ether oxygens (including phenoxy) is 2. The van der Waals surface area contributed by atoms with Crippen molar-refractivity contribution in [3.05, 3.63) is 47.2 Å². The van der Waals surface area contributed by atoms with Crippen molar-refractivity contribution >= 4 is 16.7 Å². The number of fused-ring (bicyclic) bond motifs is 9. The number of nitrogens with one attached hydrogen (secondary N) is 1. The molecule has 1 saturated heterocycles. The topological polar surface area (TPSA) is 71.5 Å². The largest absolute Gasteiger partial charge is 0.385 e. The van der Waals surface area contributed by atoms with E-state index in [1.54, 1.807) is 6.08 Å². The molecule has 1 aromatic heterocycles. The van der Waals surface area contributed by atoms with E-state index in [1.807, 2.05) is 13.8 Å². The van der Waals surface area contributed by atoms with Crippen LogP contribution in [0, 0.1) is 11.3 Å². The summed E-state index contributed by atoms with van der Waals surface area (Å²) >= 11 is 0. The van der Waals surface area contributed by atoms with Crippen LogP contribution in [0.2, 0.25) is 0 Å². The summed E-state index contributed by atoms with van der Waals surface area (Å²) in [6, 6.07) is 8.53. The lowest BCUT2D eigenvalue weighted by atomic mass is 9.42. The Bertz CT molecular complexity index is 1240. The second kappa shape index (κ2) is 5.40. The second-order valence-corrected chi connectivity index (χ2v) is 11.8. The van der Waals surface area contributed by atoms with Gasteiger partial charge in [-0.1, -0.05) is 32.0 Å². The fraction of sp³-hybridized carbons (Fsp3) is 0.593. The maximum absolute atomic E-state index is 13.1. The lowest BCUT2D eigenvalue weighted by molar-refractivity contribution is -0.247. The van der Waals surface area contributed by atoms with Crippen molar-refractivity contribution in [3.63, 3.8) is 0 Å². The Morgan fingerprint density at radius 1 is 1.09 bits per heavy atom. The van der Waals surface area contributed by atoms with Gasteiger partial charge < -0.3 is 19.6 Å². The number of ketones is 1. The molecule has 3 aliphatic carbocycles. The Morgan fingerprint density at radius 3 is 2.69 bits per heavy atom. The monoisotopic (exact) mass is 433 g/mol. The van der Waals surface area contributed by atoms with Crippen LogP contribution in [0.1, 0.15) is 64.6 Å². The third-order valence-corrected chi connectivity index (χ3v) is 10.2. The van der Waals surface area contributed by atoms with Crippen LogP contribution >= 0.6 is 0 Å². The number of carbonyl (C=O) groups is 1. The number of aliphatic hydroxyl groups is 1. The maximum atomic E-state index is 13.1. The molecule has 2 aromatic rings. The third-order valence-electron chi connectivity index (χ3n) is 10.2. The molecule has 1 aromatic carbocycles. The van der Waals surface area contributed by atoms with Gasteiger partial charge in [-0.15, -0.1) is 0 Å². The molecule has 2 N–H and O–H groups in total. The molecule has 0 radical (unpaired) electrons. The summed E-state index contributed by atoms with van der Waals surface area (Å²) in [6.07, 6.45) is 5.09. The van der Waals surface area contributed by atoms with Crippen molar-refractivity contribution in [2.24, 2.45) is 11.3 Å². The van der Waals surface area contributed by atoms with Crippen LogP contribution in [-0.4, -0.2) is 39.0 Å². The highest BCUT2D eigenvalue weighted by Gasteiger charge is 2.75. The zero-order valence-corrected chi connectivity index (χ0v) is 19.2. The van der Waals surface area contributed by atoms with Gasteiger partial charge in [-0.25, -0.2) is 0 Å². The average Bonchev–Trinajstić information content (AvgIpc) is 3.33. The SMILES string of the molecule is CC1(C)OC23CCC4(C)[C@@](O)(CCC5Cc6c([nH]c7ccccc67)[C@@]54C)C2=CC(=O)C1O3. The predicted octanol–water partition coefficient (Wildman–Crippen LogP) is 4.32. The maximum Gasteiger partial charge on any atom is 0.195 e. The van der Waals surface area contributed by atoms with Crippen molar-refractivity contribution in [1.82, 2.24) is 4.98 Å². The molecular formula is C27H31NO4. The molecule has 168 valence electrons. The van der Waals surface area contributed by atoms with E-state index in [2.05, 4.69) is 43.1 Å². The van der Waals surface area contributed by atoms with Gasteiger partial charge in [0.25, 0.3) is 0 Å². The Kier molecular flexibility index (Phi) is 3.29. The van der Waals surface area contributed by atoms with E-state index >= 15 is 0 Å². The zero-order chi connectivity index (χ0) is 22.3. The van der Waals surface area contributed by atoms with E-state index in [9.17, 15) is 9.90 Å². The number of hydrogen-bond acceptors (Lipinski definition) is 4. The molecule has 5 nitrogen and oxygen atoms in total. The van der Waals surface area contributed by atoms with Gasteiger partial charge in [0.1, 0.15) is 5.60 Å². The highest BCUT2D eigenvalue weighted by Crippen LogP contribution is 2.71. The summed E-state index contributed by atoms with van der Waals surface area (Å²) in [7, 11) is 0. The number of aromatic amines is 1. The van der Waals surface area contributed by atoms with Crippen LogP contribution in [0.5, 0.6) is 0 Å². The molecule has 2 aliphatic heterocycles. The summed E-state index contributed by atoms with van der Waals surface area (Å²) in [5.41, 5.74) is 1.98. The summed E-state index contributed by atoms with van der Waals surface area (Å²) in [6.45, 7) is 8.43. The van der Waals surface area contributed by atoms with Gasteiger partial charge in [-0.05, 0) is 63.2 Å². The molecule has 0 amide bonds. The van der Waals surface area contributed by atoms with Gasteiger partial charge in [0.2, 0.25) is 0 Å². The van der Waals surface area contributed by atoms with Gasteiger partial charge in [0.05, 0.1) is 5.60 Å². The first-order valence-electron chi connectivity index (χ1n) is 12.0. The van der Waals surface area contributed by atoms with Crippen molar-refractivity contribution in [3.8, 4) is 0 Å². The normalized spacial score (nSPS) is 45.8. The van der Waals surface area contributed by atoms with Crippen molar-refractivity contribution in [2.45, 2.75) is 88.3 Å². The Hall–Kier alpha value is -1.95. The van der Waals surface area contributed by atoms with Crippen LogP contribution in [0.3, 0.4) is 0 Å². The molecule has 4 unspecified atom stereocenters. The third kappa shape index (κ3) is 1.86. The fourth-order valence-corrected chi connectivity index (χ4v) is 8.39. The predicted molar refractivity (Wildman–Crippen MR) is 120 cm³/mol. The van der Waals surface area contributed by atoms with Gasteiger partial charge in [-0.3, -0.25) is 4.79 Å². The average molecular weight is 434 g/mol. The van der Waals surface area contributed by atoms with Gasteiger partial charge in [0.15, 0.2) is 17.7 Å². The number of rotatable bonds is 0. The summed E-state index contributed by atoms with van der Waals surface area (Å²) in [5.74, 6) is -0.607. The lowest BCUT2D eigenvalue weighted by Crippen LogP contribution is -2.69. The number of H-pyrrole nitrogens is 1. The minimum atomic E-state index is -1.16. The van der Waals surface area contributed by atoms with E-state index in [0.29, 0.717) is 24.3 Å². The number of aromatic nitrogens is 1. The summed E-state index contributed by atoms with van der Waals surface area (Å²) in [5, 5.41) is 13.9. The smallest absolute Gasteiger partial charge is 0.195 e. The number of para-hydroxylation sites is 1. The van der Waals surface area contributed by atoms with Gasteiger partial charge in [-0.2, -0.15) is 0 Å². The number of carbonyl (C=O) groups excluding carboxylic acids is 1. The summed E-state index contributed by atoms with van der Waals surface area (Å²) in [4.78, 5) is 16.8. The van der Waals surface area contributed by atoms with E-state index in [-0.39, 0.29) is 11.2 Å². The number of hydrogen-bond donors (Lipinski definition) is 2. The molecule has 2 saturated carbocycles. The van der Waals surface area contributed by atoms with Crippen LogP contribution < -0.4 is 0 Å². The first kappa shape index (κ1) is 19.5. The summed E-state index contributed by atoms with van der Waals surface area (Å²) < 4.78 is 12.8. The molecule has 6 atom stereocenters. The van der Waals surface area contributed by atoms with E-state index in [4.69, 9.17) is 9.47 Å². The van der Waals surface area contributed by atoms with Crippen LogP contribution in [0.15, 0.2) is 35.9 Å². The number of benzene rings is 1. The molecule has 3 fully saturated rings. The van der Waals surface area contributed by atoms with Gasteiger partial charge >= 0.3 is 0 Å². The molecule has 3 heterocycles. The van der Waals surface area contributed by atoms with Gasteiger partial charge in [0, 0.05) is 39.4 Å². The molecular weight excluding hydrogens is 402 g/mol. The highest BCUT2D eigenvalue weighted by molar-refractivity contribution is 5.97. The van der Waals surface area contributed by atoms with Crippen LogP contribution in [0.25, 0.3) is 10.9 Å². The zero-order valence-electron chi connectivity index (χ0n) is 19.2. The molecule has 5 aliphatic rings. The van der Waals surface area contributed by atoms with E-state index in [1.165, 1.54) is 22.2 Å².